The largest absolute Gasteiger partial charge is 0.497 e. The summed E-state index contributed by atoms with van der Waals surface area (Å²) >= 11 is 0.633. The van der Waals surface area contributed by atoms with Gasteiger partial charge in [0.25, 0.3) is 0 Å². The Morgan fingerprint density at radius 1 is 0.757 bits per heavy atom. The second kappa shape index (κ2) is 11.8. The third kappa shape index (κ3) is 6.51. The van der Waals surface area contributed by atoms with Crippen LogP contribution >= 0.6 is 12.0 Å². The lowest BCUT2D eigenvalue weighted by molar-refractivity contribution is -0.432. The smallest absolute Gasteiger partial charge is 0.206 e. The van der Waals surface area contributed by atoms with Crippen molar-refractivity contribution in [3.05, 3.63) is 107 Å². The predicted molar refractivity (Wildman–Crippen MR) is 141 cm³/mol. The molecule has 0 bridgehead atoms. The summed E-state index contributed by atoms with van der Waals surface area (Å²) in [5, 5.41) is 12.4. The van der Waals surface area contributed by atoms with Crippen LogP contribution in [0.25, 0.3) is 0 Å². The summed E-state index contributed by atoms with van der Waals surface area (Å²) in [7, 11) is -2.15. The molecule has 0 aliphatic rings. The van der Waals surface area contributed by atoms with Crippen LogP contribution in [0.15, 0.2) is 99.6 Å². The lowest BCUT2D eigenvalue weighted by Crippen LogP contribution is -2.03. The molecule has 0 aliphatic carbocycles. The van der Waals surface area contributed by atoms with Gasteiger partial charge in [-0.05, 0) is 97.1 Å². The van der Waals surface area contributed by atoms with Crippen LogP contribution in [0.5, 0.6) is 17.2 Å². The molecule has 0 heterocycles. The average molecular weight is 539 g/mol. The van der Waals surface area contributed by atoms with Gasteiger partial charge in [-0.1, -0.05) is 35.4 Å². The SMILES string of the molecule is COc1ccc(Cc2ccc(Oc3ccc(S(=O)(=O)c4ccc(C)c(C)c4)cc3SOOO)cc2)cc1. The highest BCUT2D eigenvalue weighted by molar-refractivity contribution is 7.94. The molecule has 0 aromatic heterocycles. The standard InChI is InChI=1S/C28H26O7S2/c1-19-4-13-25(16-20(19)2)37(30,31)26-14-15-27(28(18-26)36-35-34-29)33-24-11-7-22(8-12-24)17-21-5-9-23(32-3)10-6-21/h4-16,18,29H,17H2,1-3H3. The first kappa shape index (κ1) is 26.7. The maximum absolute atomic E-state index is 13.2. The van der Waals surface area contributed by atoms with Crippen molar-refractivity contribution in [3.63, 3.8) is 0 Å². The zero-order valence-corrected chi connectivity index (χ0v) is 22.1. The quantitative estimate of drug-likeness (QED) is 0.132. The summed E-state index contributed by atoms with van der Waals surface area (Å²) in [5.41, 5.74) is 4.12. The van der Waals surface area contributed by atoms with Gasteiger partial charge in [0.2, 0.25) is 9.84 Å². The molecular weight excluding hydrogens is 512 g/mol. The monoisotopic (exact) mass is 538 g/mol. The number of sulfone groups is 1. The molecule has 0 radical (unpaired) electrons. The minimum Gasteiger partial charge on any atom is -0.497 e. The van der Waals surface area contributed by atoms with E-state index in [1.54, 1.807) is 31.4 Å². The van der Waals surface area contributed by atoms with Crippen LogP contribution in [-0.2, 0) is 25.6 Å². The highest BCUT2D eigenvalue weighted by Gasteiger charge is 2.21. The Morgan fingerprint density at radius 2 is 1.35 bits per heavy atom. The van der Waals surface area contributed by atoms with Crippen molar-refractivity contribution in [3.8, 4) is 17.2 Å². The van der Waals surface area contributed by atoms with Crippen LogP contribution in [0.3, 0.4) is 0 Å². The third-order valence-electron chi connectivity index (χ3n) is 5.89. The molecule has 4 aromatic carbocycles. The van der Waals surface area contributed by atoms with Gasteiger partial charge in [0.1, 0.15) is 17.2 Å². The van der Waals surface area contributed by atoms with Gasteiger partial charge in [0.15, 0.2) is 0 Å². The summed E-state index contributed by atoms with van der Waals surface area (Å²) in [4.78, 5) is 0.551. The molecule has 192 valence electrons. The van der Waals surface area contributed by atoms with E-state index in [4.69, 9.17) is 14.7 Å². The maximum atomic E-state index is 13.2. The molecule has 0 unspecified atom stereocenters. The van der Waals surface area contributed by atoms with E-state index in [9.17, 15) is 8.42 Å². The number of hydrogen-bond donors (Lipinski definition) is 1. The summed E-state index contributed by atoms with van der Waals surface area (Å²) in [6, 6.07) is 24.9. The number of methoxy groups -OCH3 is 1. The van der Waals surface area contributed by atoms with Gasteiger partial charge >= 0.3 is 0 Å². The first-order valence-corrected chi connectivity index (χ1v) is 13.5. The van der Waals surface area contributed by atoms with Gasteiger partial charge in [-0.2, -0.15) is 0 Å². The van der Waals surface area contributed by atoms with Crippen LogP contribution < -0.4 is 9.47 Å². The van der Waals surface area contributed by atoms with Crippen LogP contribution in [0.1, 0.15) is 22.3 Å². The molecule has 4 aromatic rings. The lowest BCUT2D eigenvalue weighted by Gasteiger charge is -2.13. The third-order valence-corrected chi connectivity index (χ3v) is 8.26. The molecule has 4 rings (SSSR count). The van der Waals surface area contributed by atoms with E-state index in [1.807, 2.05) is 62.4 Å². The number of hydrogen-bond acceptors (Lipinski definition) is 8. The molecule has 0 aliphatic heterocycles. The highest BCUT2D eigenvalue weighted by atomic mass is 32.2. The average Bonchev–Trinajstić information content (AvgIpc) is 2.91. The van der Waals surface area contributed by atoms with E-state index in [1.165, 1.54) is 12.1 Å². The molecule has 7 nitrogen and oxygen atoms in total. The van der Waals surface area contributed by atoms with E-state index < -0.39 is 9.84 Å². The van der Waals surface area contributed by atoms with Crippen LogP contribution in [0.2, 0.25) is 0 Å². The Labute approximate surface area is 220 Å². The Hall–Kier alpha value is -3.34. The normalized spacial score (nSPS) is 11.4. The molecule has 9 heteroatoms. The molecule has 0 saturated carbocycles. The van der Waals surface area contributed by atoms with E-state index in [0.717, 1.165) is 34.4 Å². The first-order chi connectivity index (χ1) is 17.8. The van der Waals surface area contributed by atoms with Crippen molar-refractivity contribution >= 4 is 21.9 Å². The van der Waals surface area contributed by atoms with Crippen molar-refractivity contribution in [2.75, 3.05) is 7.11 Å². The number of ether oxygens (including phenoxy) is 2. The Bertz CT molecular complexity index is 1470. The van der Waals surface area contributed by atoms with Gasteiger partial charge in [0, 0.05) is 0 Å². The number of aryl methyl sites for hydroxylation is 2. The van der Waals surface area contributed by atoms with Crippen molar-refractivity contribution in [1.82, 2.24) is 0 Å². The second-order valence-electron chi connectivity index (χ2n) is 8.35. The Balaban J connectivity index is 1.55. The molecule has 1 N–H and O–H groups in total. The van der Waals surface area contributed by atoms with Crippen LogP contribution in [-0.4, -0.2) is 20.8 Å². The molecule has 0 amide bonds. The molecule has 0 saturated heterocycles. The minimum absolute atomic E-state index is 0.0574. The van der Waals surface area contributed by atoms with Crippen LogP contribution in [0.4, 0.5) is 0 Å². The van der Waals surface area contributed by atoms with Crippen molar-refractivity contribution < 1.29 is 32.5 Å². The van der Waals surface area contributed by atoms with Gasteiger partial charge in [-0.15, -0.1) is 4.33 Å². The summed E-state index contributed by atoms with van der Waals surface area (Å²) in [5.74, 6) is 1.70. The van der Waals surface area contributed by atoms with E-state index >= 15 is 0 Å². The lowest BCUT2D eigenvalue weighted by atomic mass is 10.0. The Morgan fingerprint density at radius 3 is 1.95 bits per heavy atom. The highest BCUT2D eigenvalue weighted by Crippen LogP contribution is 2.37. The Kier molecular flexibility index (Phi) is 8.52. The molecule has 0 spiro atoms. The van der Waals surface area contributed by atoms with Crippen molar-refractivity contribution in [2.45, 2.75) is 35.0 Å². The van der Waals surface area contributed by atoms with Gasteiger partial charge in [-0.3, -0.25) is 0 Å². The zero-order chi connectivity index (χ0) is 26.4. The summed E-state index contributed by atoms with van der Waals surface area (Å²) in [6.07, 6.45) is 0.748. The number of benzene rings is 4. The topological polar surface area (TPSA) is 91.3 Å². The van der Waals surface area contributed by atoms with Crippen LogP contribution in [0, 0.1) is 13.8 Å². The second-order valence-corrected chi connectivity index (χ2v) is 11.0. The fourth-order valence-corrected chi connectivity index (χ4v) is 5.57. The minimum atomic E-state index is -3.79. The van der Waals surface area contributed by atoms with Crippen molar-refractivity contribution in [2.24, 2.45) is 0 Å². The van der Waals surface area contributed by atoms with Crippen molar-refractivity contribution in [1.29, 1.82) is 0 Å². The fraction of sp³-hybridized carbons (Fsp3) is 0.143. The summed E-state index contributed by atoms with van der Waals surface area (Å²) in [6.45, 7) is 3.78. The van der Waals surface area contributed by atoms with E-state index in [0.29, 0.717) is 28.4 Å². The van der Waals surface area contributed by atoms with Gasteiger partial charge in [-0.25, -0.2) is 13.7 Å². The maximum Gasteiger partial charge on any atom is 0.206 e. The number of rotatable bonds is 10. The summed E-state index contributed by atoms with van der Waals surface area (Å²) < 4.78 is 42.3. The molecule has 37 heavy (non-hydrogen) atoms. The first-order valence-electron chi connectivity index (χ1n) is 11.3. The molecular formula is C28H26O7S2. The molecule has 0 atom stereocenters. The molecule has 0 fully saturated rings. The fourth-order valence-electron chi connectivity index (χ4n) is 3.66. The predicted octanol–water partition coefficient (Wildman–Crippen LogP) is 6.96. The van der Waals surface area contributed by atoms with E-state index in [2.05, 4.69) is 9.37 Å². The van der Waals surface area contributed by atoms with E-state index in [-0.39, 0.29) is 9.79 Å². The van der Waals surface area contributed by atoms with Gasteiger partial charge < -0.3 is 9.47 Å². The zero-order valence-electron chi connectivity index (χ0n) is 20.5. The van der Waals surface area contributed by atoms with Gasteiger partial charge in [0.05, 0.1) is 33.8 Å².